The maximum atomic E-state index is 4.11. The summed E-state index contributed by atoms with van der Waals surface area (Å²) < 4.78 is 4.13. The Morgan fingerprint density at radius 3 is 2.94 bits per heavy atom. The molecule has 18 heavy (non-hydrogen) atoms. The molecule has 0 radical (unpaired) electrons. The van der Waals surface area contributed by atoms with Crippen LogP contribution in [-0.4, -0.2) is 26.4 Å². The van der Waals surface area contributed by atoms with E-state index in [0.29, 0.717) is 6.04 Å². The molecule has 1 aliphatic carbocycles. The first-order valence-electron chi connectivity index (χ1n) is 6.43. The zero-order valence-electron chi connectivity index (χ0n) is 10.9. The molecule has 0 aromatic carbocycles. The number of aryl methyl sites for hydroxylation is 1. The average molecular weight is 245 g/mol. The first-order valence-corrected chi connectivity index (χ1v) is 6.43. The van der Waals surface area contributed by atoms with E-state index in [4.69, 9.17) is 0 Å². The van der Waals surface area contributed by atoms with Crippen molar-refractivity contribution in [3.8, 4) is 0 Å². The fraction of sp³-hybridized carbons (Fsp3) is 0.538. The normalized spacial score (nSPS) is 17.0. The molecule has 96 valence electrons. The SMILES string of the molecule is CNC(c1ccn(Cc2nncn2C)c1)C1CC1. The molecule has 1 atom stereocenters. The van der Waals surface area contributed by atoms with Crippen molar-refractivity contribution in [3.05, 3.63) is 36.2 Å². The second-order valence-electron chi connectivity index (χ2n) is 5.08. The Morgan fingerprint density at radius 1 is 1.50 bits per heavy atom. The lowest BCUT2D eigenvalue weighted by molar-refractivity contribution is 0.527. The van der Waals surface area contributed by atoms with Crippen molar-refractivity contribution in [1.82, 2.24) is 24.6 Å². The van der Waals surface area contributed by atoms with Crippen LogP contribution < -0.4 is 5.32 Å². The van der Waals surface area contributed by atoms with Gasteiger partial charge in [0.25, 0.3) is 0 Å². The highest BCUT2D eigenvalue weighted by molar-refractivity contribution is 5.18. The first-order chi connectivity index (χ1) is 8.78. The summed E-state index contributed by atoms with van der Waals surface area (Å²) in [5.74, 6) is 1.80. The van der Waals surface area contributed by atoms with Gasteiger partial charge in [0, 0.05) is 25.5 Å². The first kappa shape index (κ1) is 11.5. The highest BCUT2D eigenvalue weighted by Crippen LogP contribution is 2.40. The molecule has 1 aliphatic rings. The van der Waals surface area contributed by atoms with Crippen LogP contribution in [0.4, 0.5) is 0 Å². The maximum Gasteiger partial charge on any atom is 0.152 e. The molecule has 2 aromatic heterocycles. The van der Waals surface area contributed by atoms with Gasteiger partial charge in [0.05, 0.1) is 6.54 Å². The minimum Gasteiger partial charge on any atom is -0.346 e. The van der Waals surface area contributed by atoms with E-state index in [0.717, 1.165) is 18.3 Å². The lowest BCUT2D eigenvalue weighted by Gasteiger charge is -2.13. The standard InChI is InChI=1S/C13H19N5/c1-14-13(10-3-4-10)11-5-6-18(7-11)8-12-16-15-9-17(12)2/h5-7,9-10,13-14H,3-4,8H2,1-2H3. The number of aromatic nitrogens is 4. The van der Waals surface area contributed by atoms with E-state index in [1.165, 1.54) is 18.4 Å². The number of nitrogens with zero attached hydrogens (tertiary/aromatic N) is 4. The van der Waals surface area contributed by atoms with E-state index >= 15 is 0 Å². The molecule has 0 aliphatic heterocycles. The molecular weight excluding hydrogens is 226 g/mol. The van der Waals surface area contributed by atoms with Gasteiger partial charge in [0.2, 0.25) is 0 Å². The highest BCUT2D eigenvalue weighted by Gasteiger charge is 2.31. The largest absolute Gasteiger partial charge is 0.346 e. The molecule has 1 N–H and O–H groups in total. The Morgan fingerprint density at radius 2 is 2.33 bits per heavy atom. The molecule has 5 nitrogen and oxygen atoms in total. The fourth-order valence-corrected chi connectivity index (χ4v) is 2.46. The fourth-order valence-electron chi connectivity index (χ4n) is 2.46. The third-order valence-electron chi connectivity index (χ3n) is 3.67. The topological polar surface area (TPSA) is 47.7 Å². The molecular formula is C13H19N5. The van der Waals surface area contributed by atoms with E-state index in [-0.39, 0.29) is 0 Å². The van der Waals surface area contributed by atoms with Crippen molar-refractivity contribution in [3.63, 3.8) is 0 Å². The molecule has 3 rings (SSSR count). The lowest BCUT2D eigenvalue weighted by Crippen LogP contribution is -2.17. The van der Waals surface area contributed by atoms with Gasteiger partial charge in [0.1, 0.15) is 6.33 Å². The van der Waals surface area contributed by atoms with Crippen LogP contribution in [0.25, 0.3) is 0 Å². The van der Waals surface area contributed by atoms with Crippen molar-refractivity contribution in [1.29, 1.82) is 0 Å². The maximum absolute atomic E-state index is 4.11. The second-order valence-corrected chi connectivity index (χ2v) is 5.08. The Bertz CT molecular complexity index is 523. The number of hydrogen-bond acceptors (Lipinski definition) is 3. The minimum absolute atomic E-state index is 0.505. The minimum atomic E-state index is 0.505. The number of nitrogens with one attached hydrogen (secondary N) is 1. The summed E-state index contributed by atoms with van der Waals surface area (Å²) in [6, 6.07) is 2.71. The summed E-state index contributed by atoms with van der Waals surface area (Å²) in [6.45, 7) is 0.775. The van der Waals surface area contributed by atoms with Gasteiger partial charge in [-0.2, -0.15) is 0 Å². The van der Waals surface area contributed by atoms with Gasteiger partial charge in [-0.25, -0.2) is 0 Å². The van der Waals surface area contributed by atoms with E-state index in [1.54, 1.807) is 6.33 Å². The van der Waals surface area contributed by atoms with Crippen LogP contribution in [-0.2, 0) is 13.6 Å². The van der Waals surface area contributed by atoms with Gasteiger partial charge < -0.3 is 14.5 Å². The van der Waals surface area contributed by atoms with E-state index < -0.39 is 0 Å². The van der Waals surface area contributed by atoms with Gasteiger partial charge in [-0.15, -0.1) is 10.2 Å². The summed E-state index contributed by atoms with van der Waals surface area (Å²) in [7, 11) is 4.02. The molecule has 5 heteroatoms. The Hall–Kier alpha value is -1.62. The molecule has 1 unspecified atom stereocenters. The molecule has 0 saturated heterocycles. The van der Waals surface area contributed by atoms with Crippen LogP contribution in [0.5, 0.6) is 0 Å². The van der Waals surface area contributed by atoms with Crippen LogP contribution in [0.1, 0.15) is 30.3 Å². The van der Waals surface area contributed by atoms with Gasteiger partial charge >= 0.3 is 0 Å². The predicted octanol–water partition coefficient (Wildman–Crippen LogP) is 1.34. The van der Waals surface area contributed by atoms with Crippen LogP contribution in [0.2, 0.25) is 0 Å². The molecule has 2 aromatic rings. The lowest BCUT2D eigenvalue weighted by atomic mass is 10.1. The quantitative estimate of drug-likeness (QED) is 0.864. The molecule has 0 spiro atoms. The van der Waals surface area contributed by atoms with Crippen molar-refractivity contribution in [2.75, 3.05) is 7.05 Å². The monoisotopic (exact) mass is 245 g/mol. The van der Waals surface area contributed by atoms with Crippen LogP contribution >= 0.6 is 0 Å². The van der Waals surface area contributed by atoms with Gasteiger partial charge in [-0.1, -0.05) is 0 Å². The van der Waals surface area contributed by atoms with Crippen molar-refractivity contribution >= 4 is 0 Å². The third-order valence-corrected chi connectivity index (χ3v) is 3.67. The predicted molar refractivity (Wildman–Crippen MR) is 69.1 cm³/mol. The van der Waals surface area contributed by atoms with Crippen LogP contribution in [0, 0.1) is 5.92 Å². The summed E-state index contributed by atoms with van der Waals surface area (Å²) in [5.41, 5.74) is 1.38. The Kier molecular flexibility index (Phi) is 2.91. The summed E-state index contributed by atoms with van der Waals surface area (Å²) in [6.07, 6.45) is 8.77. The molecule has 0 amide bonds. The van der Waals surface area contributed by atoms with Gasteiger partial charge in [-0.05, 0) is 37.4 Å². The van der Waals surface area contributed by atoms with Crippen molar-refractivity contribution in [2.45, 2.75) is 25.4 Å². The smallest absolute Gasteiger partial charge is 0.152 e. The highest BCUT2D eigenvalue weighted by atomic mass is 15.3. The Balaban J connectivity index is 1.75. The van der Waals surface area contributed by atoms with Crippen molar-refractivity contribution in [2.24, 2.45) is 13.0 Å². The van der Waals surface area contributed by atoms with E-state index in [1.807, 2.05) is 18.7 Å². The summed E-state index contributed by atoms with van der Waals surface area (Å²) in [5, 5.41) is 11.4. The van der Waals surface area contributed by atoms with E-state index in [2.05, 4.69) is 38.5 Å². The molecule has 2 heterocycles. The summed E-state index contributed by atoms with van der Waals surface area (Å²) >= 11 is 0. The zero-order valence-corrected chi connectivity index (χ0v) is 10.9. The molecule has 1 fully saturated rings. The van der Waals surface area contributed by atoms with Gasteiger partial charge in [-0.3, -0.25) is 0 Å². The second kappa shape index (κ2) is 4.57. The average Bonchev–Trinajstić information content (AvgIpc) is 2.96. The number of rotatable bonds is 5. The molecule has 0 bridgehead atoms. The zero-order chi connectivity index (χ0) is 12.5. The molecule has 1 saturated carbocycles. The van der Waals surface area contributed by atoms with Crippen LogP contribution in [0.15, 0.2) is 24.8 Å². The van der Waals surface area contributed by atoms with Crippen LogP contribution in [0.3, 0.4) is 0 Å². The summed E-state index contributed by atoms with van der Waals surface area (Å²) in [4.78, 5) is 0. The van der Waals surface area contributed by atoms with Crippen molar-refractivity contribution < 1.29 is 0 Å². The third kappa shape index (κ3) is 2.18. The van der Waals surface area contributed by atoms with E-state index in [9.17, 15) is 0 Å². The Labute approximate surface area is 107 Å². The number of hydrogen-bond donors (Lipinski definition) is 1. The van der Waals surface area contributed by atoms with Gasteiger partial charge in [0.15, 0.2) is 5.82 Å².